The number of hydrogen-bond acceptors (Lipinski definition) is 7. The van der Waals surface area contributed by atoms with Crippen LogP contribution in [0.5, 0.6) is 0 Å². The Labute approximate surface area is 638 Å². The standard InChI is InChI=1S/C92H180NO8P/c1-6-8-10-12-14-16-18-20-22-24-26-28-30-32-34-36-38-40-42-44-45-46-47-49-51-53-55-57-59-61-63-65-67-69-71-73-75-77-79-81-83-85-92(95)101-90(89-100-102(96,97)99-87-86-93(3,4)5)88-98-91(94)84-82-80-78-76-74-72-70-68-66-64-62-60-58-56-54-52-50-48-43-41-39-37-35-33-31-29-27-25-23-21-19-17-15-13-11-9-7-2/h18,20,24,26,90H,6-17,19,21-23,25,27-89H2,1-5H3/p+1/b20-18-,26-24-. The van der Waals surface area contributed by atoms with Gasteiger partial charge in [0.05, 0.1) is 27.7 Å². The van der Waals surface area contributed by atoms with Crippen molar-refractivity contribution in [3.8, 4) is 0 Å². The van der Waals surface area contributed by atoms with Crippen LogP contribution in [0.3, 0.4) is 0 Å². The molecule has 0 rings (SSSR count). The second-order valence-corrected chi connectivity index (χ2v) is 34.5. The number of nitrogens with zero attached hydrogens (tertiary/aromatic N) is 1. The average molecular weight is 1460 g/mol. The third kappa shape index (κ3) is 87.4. The molecule has 0 aromatic rings. The van der Waals surface area contributed by atoms with Crippen LogP contribution in [-0.4, -0.2) is 74.9 Å². The van der Waals surface area contributed by atoms with Crippen LogP contribution in [0, 0.1) is 0 Å². The van der Waals surface area contributed by atoms with Crippen LogP contribution in [0.4, 0.5) is 0 Å². The Kier molecular flexibility index (Phi) is 82.3. The highest BCUT2D eigenvalue weighted by molar-refractivity contribution is 7.47. The average Bonchev–Trinajstić information content (AvgIpc) is 0.916. The number of esters is 2. The van der Waals surface area contributed by atoms with Crippen LogP contribution in [-0.2, 0) is 32.7 Å². The Morgan fingerprint density at radius 3 is 0.775 bits per heavy atom. The van der Waals surface area contributed by atoms with E-state index < -0.39 is 26.5 Å². The third-order valence-corrected chi connectivity index (χ3v) is 22.5. The molecular weight excluding hydrogens is 1280 g/mol. The molecule has 0 bridgehead atoms. The molecule has 0 aromatic heterocycles. The molecule has 0 saturated carbocycles. The van der Waals surface area contributed by atoms with E-state index in [1.807, 2.05) is 21.1 Å². The van der Waals surface area contributed by atoms with Gasteiger partial charge in [0, 0.05) is 12.8 Å². The number of rotatable bonds is 88. The maximum absolute atomic E-state index is 13.0. The quantitative estimate of drug-likeness (QED) is 0.0211. The molecule has 0 saturated heterocycles. The normalized spacial score (nSPS) is 13.0. The second-order valence-electron chi connectivity index (χ2n) is 33.1. The fourth-order valence-corrected chi connectivity index (χ4v) is 15.2. The summed E-state index contributed by atoms with van der Waals surface area (Å²) < 4.78 is 34.9. The molecule has 9 nitrogen and oxygen atoms in total. The SMILES string of the molecule is CCCCCCC/C=C\C/C=C\CCCCCCCCCCCCCCCCCCCCCCCCCCCCCCCC(=O)OC(COC(=O)CCCCCCCCCCCCCCCCCCCCCCCCCCCCCCCCCCCCCCC)COP(=O)(O)OCC[N+](C)(C)C. The smallest absolute Gasteiger partial charge is 0.462 e. The van der Waals surface area contributed by atoms with Crippen molar-refractivity contribution in [2.45, 2.75) is 508 Å². The van der Waals surface area contributed by atoms with Crippen molar-refractivity contribution in [2.75, 3.05) is 47.5 Å². The molecule has 102 heavy (non-hydrogen) atoms. The number of phosphoric acid groups is 1. The van der Waals surface area contributed by atoms with E-state index >= 15 is 0 Å². The highest BCUT2D eigenvalue weighted by Crippen LogP contribution is 2.43. The monoisotopic (exact) mass is 1460 g/mol. The molecule has 2 atom stereocenters. The number of unbranched alkanes of at least 4 members (excludes halogenated alkanes) is 70. The van der Waals surface area contributed by atoms with Crippen LogP contribution < -0.4 is 0 Å². The largest absolute Gasteiger partial charge is 0.472 e. The molecule has 0 aliphatic carbocycles. The zero-order valence-electron chi connectivity index (χ0n) is 69.7. The zero-order valence-corrected chi connectivity index (χ0v) is 70.5. The predicted molar refractivity (Wildman–Crippen MR) is 446 cm³/mol. The second kappa shape index (κ2) is 83.5. The van der Waals surface area contributed by atoms with Crippen molar-refractivity contribution < 1.29 is 42.1 Å². The molecule has 2 unspecified atom stereocenters. The summed E-state index contributed by atoms with van der Waals surface area (Å²) in [5.74, 6) is -0.764. The summed E-state index contributed by atoms with van der Waals surface area (Å²) in [6.07, 6.45) is 110. The first-order valence-electron chi connectivity index (χ1n) is 46.1. The highest BCUT2D eigenvalue weighted by Gasteiger charge is 2.27. The van der Waals surface area contributed by atoms with Gasteiger partial charge < -0.3 is 18.9 Å². The molecule has 0 radical (unpaired) electrons. The van der Waals surface area contributed by atoms with Gasteiger partial charge in [0.25, 0.3) is 0 Å². The van der Waals surface area contributed by atoms with Crippen molar-refractivity contribution >= 4 is 19.8 Å². The third-order valence-electron chi connectivity index (χ3n) is 21.5. The van der Waals surface area contributed by atoms with Crippen molar-refractivity contribution in [3.63, 3.8) is 0 Å². The number of likely N-dealkylation sites (N-methyl/N-ethyl adjacent to an activating group) is 1. The topological polar surface area (TPSA) is 108 Å². The lowest BCUT2D eigenvalue weighted by Crippen LogP contribution is -2.37. The molecule has 0 spiro atoms. The summed E-state index contributed by atoms with van der Waals surface area (Å²) >= 11 is 0. The summed E-state index contributed by atoms with van der Waals surface area (Å²) in [6, 6.07) is 0. The molecule has 0 fully saturated rings. The molecule has 0 heterocycles. The van der Waals surface area contributed by atoms with E-state index in [0.717, 1.165) is 44.9 Å². The van der Waals surface area contributed by atoms with E-state index in [1.165, 1.54) is 430 Å². The minimum Gasteiger partial charge on any atom is -0.462 e. The predicted octanol–water partition coefficient (Wildman–Crippen LogP) is 31.1. The Hall–Kier alpha value is -1.51. The van der Waals surface area contributed by atoms with Gasteiger partial charge in [0.2, 0.25) is 0 Å². The van der Waals surface area contributed by atoms with Gasteiger partial charge in [-0.15, -0.1) is 0 Å². The van der Waals surface area contributed by atoms with E-state index in [1.54, 1.807) is 0 Å². The maximum Gasteiger partial charge on any atom is 0.472 e. The number of carbonyl (C=O) groups excluding carboxylic acids is 2. The Morgan fingerprint density at radius 1 is 0.304 bits per heavy atom. The first kappa shape index (κ1) is 100. The summed E-state index contributed by atoms with van der Waals surface area (Å²) in [7, 11) is 1.51. The lowest BCUT2D eigenvalue weighted by molar-refractivity contribution is -0.870. The van der Waals surface area contributed by atoms with E-state index in [9.17, 15) is 19.0 Å². The van der Waals surface area contributed by atoms with Gasteiger partial charge in [-0.25, -0.2) is 4.57 Å². The first-order valence-corrected chi connectivity index (χ1v) is 47.6. The number of hydrogen-bond donors (Lipinski definition) is 1. The summed E-state index contributed by atoms with van der Waals surface area (Å²) in [5, 5.41) is 0. The highest BCUT2D eigenvalue weighted by atomic mass is 31.2. The molecule has 0 aliphatic heterocycles. The Bertz CT molecular complexity index is 1770. The van der Waals surface area contributed by atoms with Crippen molar-refractivity contribution in [2.24, 2.45) is 0 Å². The van der Waals surface area contributed by atoms with Gasteiger partial charge >= 0.3 is 19.8 Å². The van der Waals surface area contributed by atoms with E-state index in [-0.39, 0.29) is 25.6 Å². The van der Waals surface area contributed by atoms with Gasteiger partial charge in [-0.1, -0.05) is 468 Å². The molecule has 0 aliphatic rings. The summed E-state index contributed by atoms with van der Waals surface area (Å²) in [4.78, 5) is 36.1. The van der Waals surface area contributed by atoms with E-state index in [2.05, 4.69) is 38.2 Å². The lowest BCUT2D eigenvalue weighted by atomic mass is 10.0. The fraction of sp³-hybridized carbons (Fsp3) is 0.935. The zero-order chi connectivity index (χ0) is 74.0. The van der Waals surface area contributed by atoms with Crippen molar-refractivity contribution in [1.29, 1.82) is 0 Å². The molecule has 0 aromatic carbocycles. The maximum atomic E-state index is 13.0. The van der Waals surface area contributed by atoms with Gasteiger partial charge in [-0.2, -0.15) is 0 Å². The van der Waals surface area contributed by atoms with Crippen LogP contribution >= 0.6 is 7.82 Å². The number of allylic oxidation sites excluding steroid dienone is 4. The van der Waals surface area contributed by atoms with Crippen molar-refractivity contribution in [1.82, 2.24) is 0 Å². The van der Waals surface area contributed by atoms with Gasteiger partial charge in [-0.05, 0) is 44.9 Å². The van der Waals surface area contributed by atoms with Crippen LogP contribution in [0.25, 0.3) is 0 Å². The summed E-state index contributed by atoms with van der Waals surface area (Å²) in [5.41, 5.74) is 0. The molecule has 0 amide bonds. The molecule has 10 heteroatoms. The number of phosphoric ester groups is 1. The number of ether oxygens (including phenoxy) is 2. The van der Waals surface area contributed by atoms with Crippen LogP contribution in [0.15, 0.2) is 24.3 Å². The van der Waals surface area contributed by atoms with Crippen LogP contribution in [0.2, 0.25) is 0 Å². The van der Waals surface area contributed by atoms with E-state index in [0.29, 0.717) is 17.4 Å². The number of carbonyl (C=O) groups is 2. The van der Waals surface area contributed by atoms with Gasteiger partial charge in [0.15, 0.2) is 6.10 Å². The van der Waals surface area contributed by atoms with Gasteiger partial charge in [-0.3, -0.25) is 18.6 Å². The molecular formula is C92H181NO8P+. The number of quaternary nitrogens is 1. The Morgan fingerprint density at radius 2 is 0.529 bits per heavy atom. The Balaban J connectivity index is 3.81. The van der Waals surface area contributed by atoms with E-state index in [4.69, 9.17) is 18.5 Å². The summed E-state index contributed by atoms with van der Waals surface area (Å²) in [6.45, 7) is 4.53. The van der Waals surface area contributed by atoms with Crippen molar-refractivity contribution in [3.05, 3.63) is 24.3 Å². The van der Waals surface area contributed by atoms with Crippen LogP contribution in [0.1, 0.15) is 502 Å². The molecule has 606 valence electrons. The minimum atomic E-state index is -4.39. The fourth-order valence-electron chi connectivity index (χ4n) is 14.5. The van der Waals surface area contributed by atoms with Gasteiger partial charge in [0.1, 0.15) is 19.8 Å². The minimum absolute atomic E-state index is 0.0369. The first-order chi connectivity index (χ1) is 50.0. The lowest BCUT2D eigenvalue weighted by Gasteiger charge is -2.24. The molecule has 1 N–H and O–H groups in total.